The number of amides is 1. The number of aromatic nitrogens is 2. The van der Waals surface area contributed by atoms with Crippen LogP contribution in [0.15, 0.2) is 23.3 Å². The molecule has 1 saturated heterocycles. The zero-order chi connectivity index (χ0) is 25.2. The molecule has 0 N–H and O–H groups in total. The topological polar surface area (TPSA) is 83.4 Å². The van der Waals surface area contributed by atoms with E-state index in [0.717, 1.165) is 29.0 Å². The van der Waals surface area contributed by atoms with E-state index in [-0.39, 0.29) is 23.7 Å². The van der Waals surface area contributed by atoms with Crippen LogP contribution >= 0.6 is 0 Å². The molecule has 3 aliphatic heterocycles. The van der Waals surface area contributed by atoms with Crippen LogP contribution in [0.1, 0.15) is 42.8 Å². The van der Waals surface area contributed by atoms with Gasteiger partial charge in [-0.25, -0.2) is 18.7 Å². The minimum atomic E-state index is -0.694. The van der Waals surface area contributed by atoms with Crippen molar-refractivity contribution in [2.75, 3.05) is 44.9 Å². The molecule has 3 aliphatic rings. The van der Waals surface area contributed by atoms with Crippen LogP contribution in [-0.2, 0) is 22.5 Å². The molecule has 1 aromatic carbocycles. The fourth-order valence-corrected chi connectivity index (χ4v) is 4.91. The first-order chi connectivity index (χ1) is 17.4. The van der Waals surface area contributed by atoms with Crippen molar-refractivity contribution in [2.45, 2.75) is 44.8 Å². The molecule has 0 saturated carbocycles. The highest BCUT2D eigenvalue weighted by molar-refractivity contribution is 5.74. The van der Waals surface area contributed by atoms with Gasteiger partial charge >= 0.3 is 0 Å². The highest BCUT2D eigenvalue weighted by Gasteiger charge is 2.32. The van der Waals surface area contributed by atoms with Crippen LogP contribution in [0, 0.1) is 11.6 Å². The fraction of sp³-hybridized carbons (Fsp3) is 0.520. The quantitative estimate of drug-likeness (QED) is 0.603. The molecule has 4 heterocycles. The number of fused-ring (bicyclic) bond motifs is 1. The Hall–Kier alpha value is -3.34. The summed E-state index contributed by atoms with van der Waals surface area (Å²) in [6.07, 6.45) is 3.69. The first-order valence-corrected chi connectivity index (χ1v) is 12.2. The molecule has 9 nitrogen and oxygen atoms in total. The molecular formula is C25H30F2N6O3. The van der Waals surface area contributed by atoms with Crippen LogP contribution in [0.3, 0.4) is 0 Å². The van der Waals surface area contributed by atoms with Crippen LogP contribution in [0.25, 0.3) is 0 Å². The van der Waals surface area contributed by atoms with Gasteiger partial charge in [0.15, 0.2) is 17.4 Å². The van der Waals surface area contributed by atoms with E-state index in [0.29, 0.717) is 58.7 Å². The molecule has 0 bridgehead atoms. The van der Waals surface area contributed by atoms with Crippen LogP contribution in [0.4, 0.5) is 14.6 Å². The van der Waals surface area contributed by atoms with Crippen LogP contribution in [0.5, 0.6) is 5.75 Å². The normalized spacial score (nSPS) is 20.1. The predicted molar refractivity (Wildman–Crippen MR) is 129 cm³/mol. The number of hydrazone groups is 1. The van der Waals surface area contributed by atoms with Gasteiger partial charge in [-0.05, 0) is 12.1 Å². The number of rotatable bonds is 6. The summed E-state index contributed by atoms with van der Waals surface area (Å²) < 4.78 is 38.3. The second-order valence-electron chi connectivity index (χ2n) is 9.37. The first kappa shape index (κ1) is 24.4. The number of halogens is 2. The standard InChI is InChI=1S/C25H30F2N6O3/c1-16(34)32-10-7-21-22(14-32)29-24(17-12-28-33(13-17)15-35-2)25(30-21)31-8-5-19(6-9-31)36-23-4-3-18(26)11-20(23)27/h3-4,11-12,17,19H,5-10,13-15H2,1-2H3. The van der Waals surface area contributed by atoms with Crippen molar-refractivity contribution in [3.63, 3.8) is 0 Å². The third-order valence-electron chi connectivity index (χ3n) is 6.84. The first-order valence-electron chi connectivity index (χ1n) is 12.2. The monoisotopic (exact) mass is 500 g/mol. The molecule has 2 aromatic rings. The van der Waals surface area contributed by atoms with E-state index >= 15 is 0 Å². The van der Waals surface area contributed by atoms with Gasteiger partial charge in [-0.15, -0.1) is 0 Å². The van der Waals surface area contributed by atoms with E-state index in [1.165, 1.54) is 12.1 Å². The molecule has 5 rings (SSSR count). The minimum Gasteiger partial charge on any atom is -0.487 e. The number of hydrogen-bond acceptors (Lipinski definition) is 8. The molecular weight excluding hydrogens is 470 g/mol. The number of carbonyl (C=O) groups is 1. The van der Waals surface area contributed by atoms with E-state index in [2.05, 4.69) is 10.0 Å². The number of anilines is 1. The fourth-order valence-electron chi connectivity index (χ4n) is 4.91. The summed E-state index contributed by atoms with van der Waals surface area (Å²) in [7, 11) is 1.63. The molecule has 0 radical (unpaired) electrons. The maximum absolute atomic E-state index is 14.1. The number of piperidine rings is 1. The Morgan fingerprint density at radius 2 is 1.94 bits per heavy atom. The van der Waals surface area contributed by atoms with Gasteiger partial charge in [0.1, 0.15) is 18.7 Å². The summed E-state index contributed by atoms with van der Waals surface area (Å²) >= 11 is 0. The highest BCUT2D eigenvalue weighted by atomic mass is 19.1. The minimum absolute atomic E-state index is 0.0291. The molecule has 11 heteroatoms. The zero-order valence-electron chi connectivity index (χ0n) is 20.5. The van der Waals surface area contributed by atoms with Gasteiger partial charge in [0.25, 0.3) is 0 Å². The molecule has 1 unspecified atom stereocenters. The van der Waals surface area contributed by atoms with Crippen molar-refractivity contribution in [1.29, 1.82) is 0 Å². The molecule has 192 valence electrons. The Labute approximate surface area is 208 Å². The maximum Gasteiger partial charge on any atom is 0.219 e. The predicted octanol–water partition coefficient (Wildman–Crippen LogP) is 2.70. The van der Waals surface area contributed by atoms with Gasteiger partial charge in [-0.2, -0.15) is 5.10 Å². The third kappa shape index (κ3) is 5.11. The highest BCUT2D eigenvalue weighted by Crippen LogP contribution is 2.32. The molecule has 1 aromatic heterocycles. The Kier molecular flexibility index (Phi) is 6.99. The van der Waals surface area contributed by atoms with Crippen LogP contribution < -0.4 is 9.64 Å². The number of benzene rings is 1. The van der Waals surface area contributed by atoms with E-state index in [1.807, 2.05) is 11.2 Å². The average molecular weight is 501 g/mol. The van der Waals surface area contributed by atoms with Crippen molar-refractivity contribution in [1.82, 2.24) is 19.9 Å². The number of ether oxygens (including phenoxy) is 2. The second kappa shape index (κ2) is 10.3. The smallest absolute Gasteiger partial charge is 0.219 e. The lowest BCUT2D eigenvalue weighted by atomic mass is 10.0. The number of hydrogen-bond donors (Lipinski definition) is 0. The maximum atomic E-state index is 14.1. The Morgan fingerprint density at radius 1 is 1.14 bits per heavy atom. The molecule has 36 heavy (non-hydrogen) atoms. The molecule has 1 atom stereocenters. The van der Waals surface area contributed by atoms with Gasteiger partial charge < -0.3 is 19.3 Å². The van der Waals surface area contributed by atoms with Gasteiger partial charge in [-0.1, -0.05) is 0 Å². The van der Waals surface area contributed by atoms with E-state index < -0.39 is 11.6 Å². The van der Waals surface area contributed by atoms with Gasteiger partial charge in [-0.3, -0.25) is 9.80 Å². The Morgan fingerprint density at radius 3 is 2.67 bits per heavy atom. The lowest BCUT2D eigenvalue weighted by molar-refractivity contribution is -0.129. The number of nitrogens with zero attached hydrogens (tertiary/aromatic N) is 6. The van der Waals surface area contributed by atoms with Gasteiger partial charge in [0.05, 0.1) is 36.1 Å². The summed E-state index contributed by atoms with van der Waals surface area (Å²) in [6.45, 7) is 5.01. The SMILES string of the molecule is COCN1CC(c2nc3c(nc2N2CCC(Oc4ccc(F)cc4F)CC2)CCN(C(C)=O)C3)C=N1. The summed E-state index contributed by atoms with van der Waals surface area (Å²) in [5.41, 5.74) is 2.59. The average Bonchev–Trinajstić information content (AvgIpc) is 3.34. The zero-order valence-corrected chi connectivity index (χ0v) is 20.5. The van der Waals surface area contributed by atoms with Gasteiger partial charge in [0.2, 0.25) is 5.91 Å². The summed E-state index contributed by atoms with van der Waals surface area (Å²) in [6, 6.07) is 3.37. The van der Waals surface area contributed by atoms with Crippen molar-refractivity contribution >= 4 is 17.9 Å². The second-order valence-corrected chi connectivity index (χ2v) is 9.37. The van der Waals surface area contributed by atoms with Crippen LogP contribution in [-0.4, -0.2) is 78.1 Å². The van der Waals surface area contributed by atoms with Crippen molar-refractivity contribution in [3.05, 3.63) is 46.9 Å². The van der Waals surface area contributed by atoms with E-state index in [9.17, 15) is 13.6 Å². The molecule has 1 fully saturated rings. The number of methoxy groups -OCH3 is 1. The largest absolute Gasteiger partial charge is 0.487 e. The van der Waals surface area contributed by atoms with Crippen molar-refractivity contribution < 1.29 is 23.0 Å². The van der Waals surface area contributed by atoms with E-state index in [4.69, 9.17) is 19.4 Å². The Balaban J connectivity index is 1.35. The van der Waals surface area contributed by atoms with Crippen molar-refractivity contribution in [3.8, 4) is 5.75 Å². The lowest BCUT2D eigenvalue weighted by Crippen LogP contribution is -2.41. The van der Waals surface area contributed by atoms with Gasteiger partial charge in [0, 0.05) is 65.2 Å². The summed E-state index contributed by atoms with van der Waals surface area (Å²) in [5, 5.41) is 6.29. The Bertz CT molecular complexity index is 1150. The summed E-state index contributed by atoms with van der Waals surface area (Å²) in [4.78, 5) is 26.0. The third-order valence-corrected chi connectivity index (χ3v) is 6.84. The number of carbonyl (C=O) groups excluding carboxylic acids is 1. The summed E-state index contributed by atoms with van der Waals surface area (Å²) in [5.74, 6) is -0.448. The van der Waals surface area contributed by atoms with Crippen molar-refractivity contribution in [2.24, 2.45) is 5.10 Å². The molecule has 0 aliphatic carbocycles. The molecule has 1 amide bonds. The van der Waals surface area contributed by atoms with E-state index in [1.54, 1.807) is 18.9 Å². The van der Waals surface area contributed by atoms with Crippen LogP contribution in [0.2, 0.25) is 0 Å². The molecule has 0 spiro atoms. The lowest BCUT2D eigenvalue weighted by Gasteiger charge is -2.35.